The molecule has 3 N–H and O–H groups in total. The van der Waals surface area contributed by atoms with Crippen LogP contribution in [0.25, 0.3) is 10.9 Å². The average molecular weight is 307 g/mol. The highest BCUT2D eigenvalue weighted by Crippen LogP contribution is 2.28. The van der Waals surface area contributed by atoms with Crippen molar-refractivity contribution < 1.29 is 14.6 Å². The van der Waals surface area contributed by atoms with Crippen molar-refractivity contribution in [1.82, 2.24) is 9.78 Å². The number of aliphatic hydroxyl groups is 1. The molecule has 0 aliphatic heterocycles. The van der Waals surface area contributed by atoms with Crippen molar-refractivity contribution in [3.05, 3.63) is 23.9 Å². The van der Waals surface area contributed by atoms with E-state index < -0.39 is 0 Å². The number of nitrogens with two attached hydrogens (primary N) is 1. The summed E-state index contributed by atoms with van der Waals surface area (Å²) in [5.74, 6) is 0.690. The molecule has 0 radical (unpaired) electrons. The highest BCUT2D eigenvalue weighted by atomic mass is 16.5. The van der Waals surface area contributed by atoms with Gasteiger partial charge >= 0.3 is 0 Å². The molecule has 2 aromatic rings. The molecule has 22 heavy (non-hydrogen) atoms. The first-order chi connectivity index (χ1) is 10.4. The fraction of sp³-hybridized carbons (Fsp3) is 0.562. The van der Waals surface area contributed by atoms with Gasteiger partial charge in [0.2, 0.25) is 0 Å². The van der Waals surface area contributed by atoms with Gasteiger partial charge in [-0.3, -0.25) is 4.68 Å². The summed E-state index contributed by atoms with van der Waals surface area (Å²) in [6.45, 7) is 5.09. The summed E-state index contributed by atoms with van der Waals surface area (Å²) in [5.41, 5.74) is 7.63. The SMILES string of the molecule is COCC(C)(C)C(N)Cn1nc2c(OC)cccc2c1CO. The van der Waals surface area contributed by atoms with E-state index in [1.807, 2.05) is 18.2 Å². The van der Waals surface area contributed by atoms with E-state index in [2.05, 4.69) is 18.9 Å². The van der Waals surface area contributed by atoms with Gasteiger partial charge in [-0.15, -0.1) is 0 Å². The van der Waals surface area contributed by atoms with Crippen LogP contribution in [0.5, 0.6) is 5.75 Å². The second-order valence-electron chi connectivity index (χ2n) is 6.17. The predicted molar refractivity (Wildman–Crippen MR) is 85.8 cm³/mol. The number of aromatic nitrogens is 2. The largest absolute Gasteiger partial charge is 0.494 e. The first kappa shape index (κ1) is 16.7. The van der Waals surface area contributed by atoms with Gasteiger partial charge in [-0.05, 0) is 6.07 Å². The number of nitrogens with zero attached hydrogens (tertiary/aromatic N) is 2. The van der Waals surface area contributed by atoms with Gasteiger partial charge in [0, 0.05) is 24.0 Å². The van der Waals surface area contributed by atoms with Crippen molar-refractivity contribution in [2.45, 2.75) is 33.0 Å². The van der Waals surface area contributed by atoms with Gasteiger partial charge in [-0.25, -0.2) is 0 Å². The number of ether oxygens (including phenoxy) is 2. The molecule has 0 spiro atoms. The van der Waals surface area contributed by atoms with Crippen LogP contribution in [-0.2, 0) is 17.9 Å². The van der Waals surface area contributed by atoms with Gasteiger partial charge in [0.05, 0.1) is 32.6 Å². The van der Waals surface area contributed by atoms with Gasteiger partial charge in [-0.2, -0.15) is 5.10 Å². The van der Waals surface area contributed by atoms with Gasteiger partial charge in [0.1, 0.15) is 11.3 Å². The molecule has 122 valence electrons. The Balaban J connectivity index is 2.39. The molecule has 0 saturated heterocycles. The number of benzene rings is 1. The molecule has 0 aliphatic rings. The number of hydrogen-bond donors (Lipinski definition) is 2. The number of hydrogen-bond acceptors (Lipinski definition) is 5. The van der Waals surface area contributed by atoms with Crippen LogP contribution in [-0.4, -0.2) is 41.8 Å². The van der Waals surface area contributed by atoms with E-state index in [1.54, 1.807) is 18.9 Å². The Bertz CT molecular complexity index is 637. The van der Waals surface area contributed by atoms with Crippen LogP contribution in [0, 0.1) is 5.41 Å². The third kappa shape index (κ3) is 3.09. The van der Waals surface area contributed by atoms with E-state index >= 15 is 0 Å². The van der Waals surface area contributed by atoms with E-state index in [4.69, 9.17) is 15.2 Å². The highest BCUT2D eigenvalue weighted by molar-refractivity contribution is 5.86. The maximum atomic E-state index is 9.72. The Kier molecular flexibility index (Phi) is 5.05. The normalized spacial score (nSPS) is 13.5. The molecule has 1 aromatic heterocycles. The van der Waals surface area contributed by atoms with E-state index in [0.717, 1.165) is 16.6 Å². The van der Waals surface area contributed by atoms with Crippen molar-refractivity contribution in [2.24, 2.45) is 11.1 Å². The van der Waals surface area contributed by atoms with E-state index in [9.17, 15) is 5.11 Å². The monoisotopic (exact) mass is 307 g/mol. The zero-order valence-electron chi connectivity index (χ0n) is 13.7. The maximum absolute atomic E-state index is 9.72. The Labute approximate surface area is 130 Å². The first-order valence-corrected chi connectivity index (χ1v) is 7.32. The molecule has 0 bridgehead atoms. The van der Waals surface area contributed by atoms with Crippen LogP contribution in [0.4, 0.5) is 0 Å². The quantitative estimate of drug-likeness (QED) is 0.811. The smallest absolute Gasteiger partial charge is 0.146 e. The molecule has 0 fully saturated rings. The molecule has 1 atom stereocenters. The van der Waals surface area contributed by atoms with Crippen molar-refractivity contribution in [2.75, 3.05) is 20.8 Å². The minimum Gasteiger partial charge on any atom is -0.494 e. The fourth-order valence-corrected chi connectivity index (χ4v) is 2.57. The number of fused-ring (bicyclic) bond motifs is 1. The standard InChI is InChI=1S/C16H25N3O3/c1-16(2,10-21-3)14(17)8-19-12(9-20)11-6-5-7-13(22-4)15(11)18-19/h5-7,14,20H,8-10,17H2,1-4H3. The number of aliphatic hydroxyl groups excluding tert-OH is 1. The predicted octanol–water partition coefficient (Wildman–Crippen LogP) is 1.54. The molecule has 0 saturated carbocycles. The molecule has 6 nitrogen and oxygen atoms in total. The Hall–Kier alpha value is -1.63. The number of rotatable bonds is 7. The molecule has 6 heteroatoms. The van der Waals surface area contributed by atoms with Crippen molar-refractivity contribution in [3.63, 3.8) is 0 Å². The third-order valence-corrected chi connectivity index (χ3v) is 4.10. The summed E-state index contributed by atoms with van der Waals surface area (Å²) in [6, 6.07) is 5.52. The van der Waals surface area contributed by atoms with Crippen LogP contribution in [0.2, 0.25) is 0 Å². The van der Waals surface area contributed by atoms with E-state index in [-0.39, 0.29) is 18.1 Å². The molecule has 1 aromatic carbocycles. The minimum absolute atomic E-state index is 0.0961. The fourth-order valence-electron chi connectivity index (χ4n) is 2.57. The minimum atomic E-state index is -0.191. The molecule has 2 rings (SSSR count). The van der Waals surface area contributed by atoms with Crippen molar-refractivity contribution in [1.29, 1.82) is 0 Å². The highest BCUT2D eigenvalue weighted by Gasteiger charge is 2.28. The van der Waals surface area contributed by atoms with E-state index in [0.29, 0.717) is 18.9 Å². The van der Waals surface area contributed by atoms with Gasteiger partial charge in [-0.1, -0.05) is 26.0 Å². The second kappa shape index (κ2) is 6.64. The zero-order valence-corrected chi connectivity index (χ0v) is 13.7. The van der Waals surface area contributed by atoms with Crippen LogP contribution < -0.4 is 10.5 Å². The van der Waals surface area contributed by atoms with Crippen LogP contribution in [0.15, 0.2) is 18.2 Å². The summed E-state index contributed by atoms with van der Waals surface area (Å²) in [5, 5.41) is 15.2. The maximum Gasteiger partial charge on any atom is 0.146 e. The molecule has 0 aliphatic carbocycles. The number of methoxy groups -OCH3 is 2. The summed E-state index contributed by atoms with van der Waals surface area (Å²) in [6.07, 6.45) is 0. The lowest BCUT2D eigenvalue weighted by Gasteiger charge is -2.31. The average Bonchev–Trinajstić information content (AvgIpc) is 2.84. The third-order valence-electron chi connectivity index (χ3n) is 4.10. The molecule has 0 amide bonds. The molecular formula is C16H25N3O3. The summed E-state index contributed by atoms with van der Waals surface area (Å²) in [7, 11) is 3.28. The van der Waals surface area contributed by atoms with E-state index in [1.165, 1.54) is 0 Å². The van der Waals surface area contributed by atoms with Crippen molar-refractivity contribution >= 4 is 10.9 Å². The lowest BCUT2D eigenvalue weighted by Crippen LogP contribution is -2.44. The Morgan fingerprint density at radius 1 is 1.36 bits per heavy atom. The molecule has 1 heterocycles. The summed E-state index contributed by atoms with van der Waals surface area (Å²) < 4.78 is 12.4. The zero-order chi connectivity index (χ0) is 16.3. The van der Waals surface area contributed by atoms with Gasteiger partial charge in [0.15, 0.2) is 0 Å². The topological polar surface area (TPSA) is 82.5 Å². The Morgan fingerprint density at radius 3 is 2.68 bits per heavy atom. The molecule has 1 unspecified atom stereocenters. The lowest BCUT2D eigenvalue weighted by molar-refractivity contribution is 0.0791. The second-order valence-corrected chi connectivity index (χ2v) is 6.17. The van der Waals surface area contributed by atoms with Gasteiger partial charge in [0.25, 0.3) is 0 Å². The van der Waals surface area contributed by atoms with Crippen LogP contribution in [0.1, 0.15) is 19.5 Å². The molecular weight excluding hydrogens is 282 g/mol. The summed E-state index contributed by atoms with van der Waals surface area (Å²) in [4.78, 5) is 0. The van der Waals surface area contributed by atoms with Crippen molar-refractivity contribution in [3.8, 4) is 5.75 Å². The van der Waals surface area contributed by atoms with Gasteiger partial charge < -0.3 is 20.3 Å². The summed E-state index contributed by atoms with van der Waals surface area (Å²) >= 11 is 0. The van der Waals surface area contributed by atoms with Crippen LogP contribution in [0.3, 0.4) is 0 Å². The Morgan fingerprint density at radius 2 is 2.09 bits per heavy atom. The first-order valence-electron chi connectivity index (χ1n) is 7.32. The van der Waals surface area contributed by atoms with Crippen LogP contribution >= 0.6 is 0 Å². The lowest BCUT2D eigenvalue weighted by atomic mass is 9.86.